The Bertz CT molecular complexity index is 2210. The maximum atomic E-state index is 12.3. The first kappa shape index (κ1) is 31.1. The monoisotopic (exact) mass is 623 g/mol. The van der Waals surface area contributed by atoms with E-state index in [0.717, 1.165) is 43.8 Å². The summed E-state index contributed by atoms with van der Waals surface area (Å²) in [5, 5.41) is 17.2. The fourth-order valence-corrected chi connectivity index (χ4v) is 5.39. The molecule has 0 saturated carbocycles. The van der Waals surface area contributed by atoms with Crippen molar-refractivity contribution in [3.63, 3.8) is 0 Å². The number of aryl methyl sites for hydroxylation is 1. The number of amides is 1. The first-order valence-corrected chi connectivity index (χ1v) is 15.2. The predicted molar refractivity (Wildman–Crippen MR) is 186 cm³/mol. The molecule has 0 aliphatic heterocycles. The molecular weight excluding hydrogens is 590 g/mol. The van der Waals surface area contributed by atoms with Crippen molar-refractivity contribution < 1.29 is 23.8 Å². The zero-order valence-corrected chi connectivity index (χ0v) is 25.8. The molecule has 7 nitrogen and oxygen atoms in total. The van der Waals surface area contributed by atoms with E-state index in [1.165, 1.54) is 11.5 Å². The molecule has 1 aromatic heterocycles. The van der Waals surface area contributed by atoms with E-state index in [9.17, 15) is 9.59 Å². The first-order chi connectivity index (χ1) is 23.0. The van der Waals surface area contributed by atoms with Gasteiger partial charge in [0.1, 0.15) is 24.5 Å². The number of ether oxygens (including phenoxy) is 2. The normalized spacial score (nSPS) is 10.8. The number of hydrogen-bond acceptors (Lipinski definition) is 6. The third-order valence-electron chi connectivity index (χ3n) is 7.82. The van der Waals surface area contributed by atoms with Crippen molar-refractivity contribution in [1.29, 1.82) is 0 Å². The van der Waals surface area contributed by atoms with E-state index in [1.54, 1.807) is 18.2 Å². The van der Waals surface area contributed by atoms with Crippen LogP contribution in [0.25, 0.3) is 32.5 Å². The number of fused-ring (bicyclic) bond motifs is 3. The van der Waals surface area contributed by atoms with Crippen LogP contribution in [-0.2, 0) is 24.6 Å². The van der Waals surface area contributed by atoms with Crippen LogP contribution in [0.5, 0.6) is 5.75 Å². The summed E-state index contributed by atoms with van der Waals surface area (Å²) in [6.07, 6.45) is -0.519. The van der Waals surface area contributed by atoms with Crippen LogP contribution in [0.1, 0.15) is 22.3 Å². The van der Waals surface area contributed by atoms with Crippen LogP contribution >= 0.6 is 0 Å². The Morgan fingerprint density at radius 1 is 0.702 bits per heavy atom. The number of carbonyl (C=O) groups is 1. The molecule has 0 bridgehead atoms. The molecule has 47 heavy (non-hydrogen) atoms. The van der Waals surface area contributed by atoms with Crippen LogP contribution in [-0.4, -0.2) is 11.2 Å². The third kappa shape index (κ3) is 7.66. The Morgan fingerprint density at radius 2 is 1.34 bits per heavy atom. The van der Waals surface area contributed by atoms with Crippen LogP contribution in [0.3, 0.4) is 0 Å². The van der Waals surface area contributed by atoms with Gasteiger partial charge in [0.2, 0.25) is 0 Å². The van der Waals surface area contributed by atoms with Crippen LogP contribution in [0, 0.1) is 6.92 Å². The van der Waals surface area contributed by atoms with E-state index in [4.69, 9.17) is 19.0 Å². The van der Waals surface area contributed by atoms with Gasteiger partial charge in [-0.1, -0.05) is 97.1 Å². The second kappa shape index (κ2) is 14.5. The highest BCUT2D eigenvalue weighted by molar-refractivity contribution is 5.87. The van der Waals surface area contributed by atoms with E-state index in [1.807, 2.05) is 104 Å². The fraction of sp³-hybridized carbons (Fsp3) is 0.100. The molecular formula is C40H33NO6. The molecule has 0 aliphatic rings. The highest BCUT2D eigenvalue weighted by Crippen LogP contribution is 2.24. The van der Waals surface area contributed by atoms with Crippen LogP contribution in [0.4, 0.5) is 10.5 Å². The Labute approximate surface area is 271 Å². The highest BCUT2D eigenvalue weighted by atomic mass is 16.5. The molecule has 0 saturated heterocycles. The molecule has 6 aromatic carbocycles. The Hall–Kier alpha value is -5.92. The molecule has 7 rings (SSSR count). The summed E-state index contributed by atoms with van der Waals surface area (Å²) in [6.45, 7) is 2.49. The second-order valence-corrected chi connectivity index (χ2v) is 11.0. The van der Waals surface area contributed by atoms with Crippen LogP contribution < -0.4 is 15.7 Å². The second-order valence-electron chi connectivity index (χ2n) is 11.0. The zero-order valence-electron chi connectivity index (χ0n) is 25.8. The molecule has 0 aliphatic carbocycles. The van der Waals surface area contributed by atoms with Crippen LogP contribution in [0.2, 0.25) is 0 Å². The zero-order chi connectivity index (χ0) is 32.6. The molecule has 2 N–H and O–H groups in total. The van der Waals surface area contributed by atoms with Gasteiger partial charge < -0.3 is 19.0 Å². The van der Waals surface area contributed by atoms with Gasteiger partial charge in [-0.15, -0.1) is 0 Å². The van der Waals surface area contributed by atoms with Crippen molar-refractivity contribution in [2.75, 3.05) is 5.32 Å². The van der Waals surface area contributed by atoms with Crippen LogP contribution in [0.15, 0.2) is 143 Å². The number of aliphatic hydroxyl groups is 1. The number of aliphatic hydroxyl groups excluding tert-OH is 1. The van der Waals surface area contributed by atoms with Gasteiger partial charge in [0.05, 0.1) is 6.61 Å². The molecule has 1 heterocycles. The van der Waals surface area contributed by atoms with Gasteiger partial charge in [-0.2, -0.15) is 0 Å². The molecule has 7 aromatic rings. The summed E-state index contributed by atoms with van der Waals surface area (Å²) >= 11 is 0. The lowest BCUT2D eigenvalue weighted by molar-refractivity contribution is 0.155. The Morgan fingerprint density at radius 3 is 2.04 bits per heavy atom. The van der Waals surface area contributed by atoms with Gasteiger partial charge in [0.25, 0.3) is 0 Å². The molecule has 1 amide bonds. The summed E-state index contributed by atoms with van der Waals surface area (Å²) in [5.74, 6) is 0.602. The van der Waals surface area contributed by atoms with E-state index in [2.05, 4.69) is 17.4 Å². The molecule has 7 heteroatoms. The van der Waals surface area contributed by atoms with E-state index in [0.29, 0.717) is 23.6 Å². The minimum atomic E-state index is -0.519. The molecule has 0 unspecified atom stereocenters. The van der Waals surface area contributed by atoms with Gasteiger partial charge >= 0.3 is 11.7 Å². The lowest BCUT2D eigenvalue weighted by Gasteiger charge is -2.10. The number of benzene rings is 6. The number of hydrogen-bond donors (Lipinski definition) is 2. The maximum absolute atomic E-state index is 12.3. The minimum absolute atomic E-state index is 0.112. The fourth-order valence-electron chi connectivity index (χ4n) is 5.39. The Balaban J connectivity index is 0.000000269. The van der Waals surface area contributed by atoms with Crippen molar-refractivity contribution in [2.24, 2.45) is 0 Å². The molecule has 234 valence electrons. The topological polar surface area (TPSA) is 98.0 Å². The van der Waals surface area contributed by atoms with Gasteiger partial charge in [0.15, 0.2) is 0 Å². The Kier molecular flexibility index (Phi) is 9.56. The van der Waals surface area contributed by atoms with Gasteiger partial charge in [0, 0.05) is 23.2 Å². The summed E-state index contributed by atoms with van der Waals surface area (Å²) in [7, 11) is 0. The van der Waals surface area contributed by atoms with Crippen molar-refractivity contribution >= 4 is 44.3 Å². The largest absolute Gasteiger partial charge is 0.489 e. The van der Waals surface area contributed by atoms with Crippen molar-refractivity contribution in [3.05, 3.63) is 166 Å². The summed E-state index contributed by atoms with van der Waals surface area (Å²) in [4.78, 5) is 23.9. The number of carbonyl (C=O) groups excluding carboxylic acids is 1. The molecule has 0 radical (unpaired) electrons. The van der Waals surface area contributed by atoms with E-state index in [-0.39, 0.29) is 18.8 Å². The number of rotatable bonds is 7. The van der Waals surface area contributed by atoms with Crippen molar-refractivity contribution in [1.82, 2.24) is 0 Å². The summed E-state index contributed by atoms with van der Waals surface area (Å²) in [6, 6.07) is 42.2. The first-order valence-electron chi connectivity index (χ1n) is 15.2. The smallest absolute Gasteiger partial charge is 0.411 e. The van der Waals surface area contributed by atoms with E-state index >= 15 is 0 Å². The third-order valence-corrected chi connectivity index (χ3v) is 7.82. The van der Waals surface area contributed by atoms with Gasteiger partial charge in [-0.05, 0) is 75.0 Å². The van der Waals surface area contributed by atoms with Crippen molar-refractivity contribution in [3.8, 4) is 5.75 Å². The minimum Gasteiger partial charge on any atom is -0.489 e. The predicted octanol–water partition coefficient (Wildman–Crippen LogP) is 8.91. The molecule has 0 spiro atoms. The van der Waals surface area contributed by atoms with Gasteiger partial charge in [-0.25, -0.2) is 9.59 Å². The lowest BCUT2D eigenvalue weighted by Crippen LogP contribution is -2.13. The SMILES string of the molecule is Cc1cc(=O)oc2cc(OCc3ccc(NC(=O)OCc4cccc5ccccc45)cc3)ccc12.OCc1cccc2ccccc12. The maximum Gasteiger partial charge on any atom is 0.411 e. The standard InChI is InChI=1S/C29H23NO5.C11H10O/c1-19-15-28(31)35-27-16-24(13-14-25(19)27)33-17-20-9-11-23(12-10-20)30-29(32)34-18-22-7-4-6-21-5-2-3-8-26(21)22;12-8-10-6-3-5-9-4-1-2-7-11(9)10/h2-16H,17-18H2,1H3,(H,30,32);1-7,12H,8H2. The number of anilines is 1. The van der Waals surface area contributed by atoms with Crippen molar-refractivity contribution in [2.45, 2.75) is 26.7 Å². The molecule has 0 atom stereocenters. The average molecular weight is 624 g/mol. The van der Waals surface area contributed by atoms with Gasteiger partial charge in [-0.3, -0.25) is 5.32 Å². The highest BCUT2D eigenvalue weighted by Gasteiger charge is 2.08. The average Bonchev–Trinajstić information content (AvgIpc) is 3.10. The van der Waals surface area contributed by atoms with E-state index < -0.39 is 6.09 Å². The lowest BCUT2D eigenvalue weighted by atomic mass is 10.1. The molecule has 0 fully saturated rings. The quantitative estimate of drug-likeness (QED) is 0.172. The summed E-state index contributed by atoms with van der Waals surface area (Å²) in [5.41, 5.74) is 4.47. The number of nitrogens with one attached hydrogen (secondary N) is 1. The summed E-state index contributed by atoms with van der Waals surface area (Å²) < 4.78 is 16.5.